The lowest BCUT2D eigenvalue weighted by Gasteiger charge is -1.95. The van der Waals surface area contributed by atoms with E-state index in [2.05, 4.69) is 17.1 Å². The molecule has 0 saturated heterocycles. The minimum Gasteiger partial charge on any atom is -0.305 e. The van der Waals surface area contributed by atoms with Crippen molar-refractivity contribution in [1.82, 2.24) is 9.38 Å². The van der Waals surface area contributed by atoms with Crippen LogP contribution in [0.2, 0.25) is 5.02 Å². The van der Waals surface area contributed by atoms with Gasteiger partial charge in [-0.2, -0.15) is 0 Å². The van der Waals surface area contributed by atoms with Crippen molar-refractivity contribution in [2.75, 3.05) is 0 Å². The third-order valence-corrected chi connectivity index (χ3v) is 2.92. The fraction of sp³-hybridized carbons (Fsp3) is 0.0714. The van der Waals surface area contributed by atoms with Crippen molar-refractivity contribution in [3.05, 3.63) is 71.1 Å². The van der Waals surface area contributed by atoms with Crippen LogP contribution in [0.15, 0.2) is 54.9 Å². The molecule has 0 fully saturated rings. The largest absolute Gasteiger partial charge is 0.305 e. The highest BCUT2D eigenvalue weighted by molar-refractivity contribution is 6.30. The Balaban J connectivity index is 1.96. The zero-order valence-electron chi connectivity index (χ0n) is 9.18. The number of nitrogens with zero attached hydrogens (tertiary/aromatic N) is 2. The third-order valence-electron chi connectivity index (χ3n) is 2.69. The monoisotopic (exact) mass is 242 g/mol. The molecule has 0 saturated carbocycles. The summed E-state index contributed by atoms with van der Waals surface area (Å²) >= 11 is 5.94. The molecule has 2 aromatic heterocycles. The molecule has 84 valence electrons. The topological polar surface area (TPSA) is 17.3 Å². The van der Waals surface area contributed by atoms with Crippen molar-refractivity contribution in [2.24, 2.45) is 0 Å². The van der Waals surface area contributed by atoms with Gasteiger partial charge in [0, 0.05) is 18.8 Å². The maximum absolute atomic E-state index is 5.94. The molecule has 1 aromatic carbocycles. The number of pyridine rings is 1. The molecule has 3 rings (SSSR count). The number of rotatable bonds is 2. The van der Waals surface area contributed by atoms with Gasteiger partial charge in [-0.05, 0) is 17.7 Å². The van der Waals surface area contributed by atoms with Crippen molar-refractivity contribution in [2.45, 2.75) is 6.42 Å². The van der Waals surface area contributed by atoms with Gasteiger partial charge in [-0.1, -0.05) is 41.9 Å². The molecule has 0 aliphatic heterocycles. The minimum atomic E-state index is 0.723. The molecule has 17 heavy (non-hydrogen) atoms. The third kappa shape index (κ3) is 2.17. The predicted octanol–water partition coefficient (Wildman–Crippen LogP) is 3.58. The van der Waals surface area contributed by atoms with E-state index in [1.807, 2.05) is 47.1 Å². The average molecular weight is 243 g/mol. The molecule has 0 aliphatic rings. The number of halogens is 1. The van der Waals surface area contributed by atoms with E-state index < -0.39 is 0 Å². The van der Waals surface area contributed by atoms with E-state index in [4.69, 9.17) is 11.6 Å². The second-order valence-electron chi connectivity index (χ2n) is 4.01. The molecule has 0 unspecified atom stereocenters. The zero-order valence-corrected chi connectivity index (χ0v) is 9.93. The normalized spacial score (nSPS) is 10.9. The molecule has 0 atom stereocenters. The summed E-state index contributed by atoms with van der Waals surface area (Å²) in [5.41, 5.74) is 3.25. The molecule has 0 aliphatic carbocycles. The molecule has 0 N–H and O–H groups in total. The number of aromatic nitrogens is 2. The maximum atomic E-state index is 5.94. The van der Waals surface area contributed by atoms with Crippen LogP contribution in [0.3, 0.4) is 0 Å². The molecule has 0 amide bonds. The van der Waals surface area contributed by atoms with Crippen molar-refractivity contribution < 1.29 is 0 Å². The Bertz CT molecular complexity index is 644. The van der Waals surface area contributed by atoms with Gasteiger partial charge in [-0.3, -0.25) is 0 Å². The average Bonchev–Trinajstić information content (AvgIpc) is 2.71. The minimum absolute atomic E-state index is 0.723. The van der Waals surface area contributed by atoms with Gasteiger partial charge in [0.05, 0.1) is 10.7 Å². The van der Waals surface area contributed by atoms with Gasteiger partial charge >= 0.3 is 0 Å². The summed E-state index contributed by atoms with van der Waals surface area (Å²) in [5, 5.41) is 0.723. The van der Waals surface area contributed by atoms with Gasteiger partial charge in [0.1, 0.15) is 5.65 Å². The first-order chi connectivity index (χ1) is 8.31. The lowest BCUT2D eigenvalue weighted by Crippen LogP contribution is -1.86. The lowest BCUT2D eigenvalue weighted by molar-refractivity contribution is 1.11. The molecule has 0 bridgehead atoms. The van der Waals surface area contributed by atoms with E-state index in [1.54, 1.807) is 0 Å². The van der Waals surface area contributed by atoms with Crippen LogP contribution >= 0.6 is 11.6 Å². The van der Waals surface area contributed by atoms with Gasteiger partial charge in [0.15, 0.2) is 0 Å². The first-order valence-corrected chi connectivity index (χ1v) is 5.86. The summed E-state index contributed by atoms with van der Waals surface area (Å²) in [6, 6.07) is 14.1. The van der Waals surface area contributed by atoms with Crippen molar-refractivity contribution in [1.29, 1.82) is 0 Å². The summed E-state index contributed by atoms with van der Waals surface area (Å²) in [4.78, 5) is 4.55. The molecular formula is C14H11ClN2. The molecule has 0 radical (unpaired) electrons. The quantitative estimate of drug-likeness (QED) is 0.672. The van der Waals surface area contributed by atoms with E-state index in [0.29, 0.717) is 0 Å². The molecular weight excluding hydrogens is 232 g/mol. The Morgan fingerprint density at radius 3 is 2.65 bits per heavy atom. The SMILES string of the molecule is Clc1ccc2nc(Cc3ccccc3)cn2c1. The number of imidazole rings is 1. The highest BCUT2D eigenvalue weighted by Gasteiger charge is 2.02. The number of hydrogen-bond donors (Lipinski definition) is 0. The van der Waals surface area contributed by atoms with Crippen LogP contribution in [-0.4, -0.2) is 9.38 Å². The Hall–Kier alpha value is -1.80. The Labute approximate surface area is 104 Å². The molecule has 0 spiro atoms. The Kier molecular flexibility index (Phi) is 2.57. The Morgan fingerprint density at radius 2 is 1.82 bits per heavy atom. The first-order valence-electron chi connectivity index (χ1n) is 5.48. The summed E-state index contributed by atoms with van der Waals surface area (Å²) in [6.45, 7) is 0. The molecule has 2 nitrogen and oxygen atoms in total. The van der Waals surface area contributed by atoms with Gasteiger partial charge in [-0.15, -0.1) is 0 Å². The van der Waals surface area contributed by atoms with Gasteiger partial charge in [-0.25, -0.2) is 4.98 Å². The van der Waals surface area contributed by atoms with Crippen LogP contribution in [0.1, 0.15) is 11.3 Å². The molecule has 3 heteroatoms. The van der Waals surface area contributed by atoms with Crippen LogP contribution in [0.25, 0.3) is 5.65 Å². The fourth-order valence-electron chi connectivity index (χ4n) is 1.91. The van der Waals surface area contributed by atoms with Crippen LogP contribution in [0, 0.1) is 0 Å². The smallest absolute Gasteiger partial charge is 0.137 e. The van der Waals surface area contributed by atoms with Crippen molar-refractivity contribution in [3.8, 4) is 0 Å². The number of fused-ring (bicyclic) bond motifs is 1. The molecule has 2 heterocycles. The van der Waals surface area contributed by atoms with E-state index >= 15 is 0 Å². The van der Waals surface area contributed by atoms with E-state index in [0.717, 1.165) is 22.8 Å². The predicted molar refractivity (Wildman–Crippen MR) is 69.5 cm³/mol. The second kappa shape index (κ2) is 4.22. The van der Waals surface area contributed by atoms with Crippen LogP contribution in [0.5, 0.6) is 0 Å². The van der Waals surface area contributed by atoms with Crippen LogP contribution in [0.4, 0.5) is 0 Å². The summed E-state index contributed by atoms with van der Waals surface area (Å²) in [6.07, 6.45) is 4.74. The standard InChI is InChI=1S/C14H11ClN2/c15-12-6-7-14-16-13(10-17(14)9-12)8-11-4-2-1-3-5-11/h1-7,9-10H,8H2. The van der Waals surface area contributed by atoms with Crippen LogP contribution < -0.4 is 0 Å². The summed E-state index contributed by atoms with van der Waals surface area (Å²) in [5.74, 6) is 0. The maximum Gasteiger partial charge on any atom is 0.137 e. The Morgan fingerprint density at radius 1 is 1.00 bits per heavy atom. The lowest BCUT2D eigenvalue weighted by atomic mass is 10.1. The van der Waals surface area contributed by atoms with Crippen molar-refractivity contribution in [3.63, 3.8) is 0 Å². The van der Waals surface area contributed by atoms with Gasteiger partial charge in [0.2, 0.25) is 0 Å². The second-order valence-corrected chi connectivity index (χ2v) is 4.44. The van der Waals surface area contributed by atoms with E-state index in [9.17, 15) is 0 Å². The van der Waals surface area contributed by atoms with Crippen LogP contribution in [-0.2, 0) is 6.42 Å². The van der Waals surface area contributed by atoms with Crippen molar-refractivity contribution >= 4 is 17.2 Å². The van der Waals surface area contributed by atoms with E-state index in [1.165, 1.54) is 5.56 Å². The van der Waals surface area contributed by atoms with Gasteiger partial charge < -0.3 is 4.40 Å². The molecule has 3 aromatic rings. The van der Waals surface area contributed by atoms with E-state index in [-0.39, 0.29) is 0 Å². The van der Waals surface area contributed by atoms with Gasteiger partial charge in [0.25, 0.3) is 0 Å². The zero-order chi connectivity index (χ0) is 11.7. The highest BCUT2D eigenvalue weighted by atomic mass is 35.5. The number of benzene rings is 1. The highest BCUT2D eigenvalue weighted by Crippen LogP contribution is 2.14. The first kappa shape index (κ1) is 10.4. The summed E-state index contributed by atoms with van der Waals surface area (Å²) < 4.78 is 1.96. The fourth-order valence-corrected chi connectivity index (χ4v) is 2.08. The summed E-state index contributed by atoms with van der Waals surface area (Å²) in [7, 11) is 0. The number of hydrogen-bond acceptors (Lipinski definition) is 1.